The zero-order valence-corrected chi connectivity index (χ0v) is 33.3. The fraction of sp³-hybridized carbons (Fsp3) is 0.136. The molecule has 51 heavy (non-hydrogen) atoms. The van der Waals surface area contributed by atoms with Crippen LogP contribution in [0.5, 0.6) is 0 Å². The van der Waals surface area contributed by atoms with E-state index in [1.54, 1.807) is 0 Å². The Kier molecular flexibility index (Phi) is 14.8. The quantitative estimate of drug-likeness (QED) is 0.0749. The molecule has 0 heterocycles. The van der Waals surface area contributed by atoms with Crippen LogP contribution >= 0.6 is 34.9 Å². The molecule has 2 atom stereocenters. The number of aliphatic imine (C=N–C) groups is 2. The van der Waals surface area contributed by atoms with Gasteiger partial charge in [-0.25, -0.2) is 0 Å². The predicted molar refractivity (Wildman–Crippen MR) is 226 cm³/mol. The summed E-state index contributed by atoms with van der Waals surface area (Å²) < 4.78 is 0. The molecule has 1 aliphatic rings. The molecule has 0 bridgehead atoms. The predicted octanol–water partition coefficient (Wildman–Crippen LogP) is 8.89. The molecule has 260 valence electrons. The van der Waals surface area contributed by atoms with Gasteiger partial charge in [0.05, 0.1) is 27.9 Å². The van der Waals surface area contributed by atoms with E-state index in [0.29, 0.717) is 0 Å². The number of hydrogen-bond acceptors (Lipinski definition) is 2. The second-order valence-corrected chi connectivity index (χ2v) is 19.7. The summed E-state index contributed by atoms with van der Waals surface area (Å²) in [7, 11) is 7.24. The van der Waals surface area contributed by atoms with E-state index in [1.165, 1.54) is 55.8 Å². The Bertz CT molecular complexity index is 1760. The average Bonchev–Trinajstić information content (AvgIpc) is 3.20. The van der Waals surface area contributed by atoms with Crippen molar-refractivity contribution in [3.8, 4) is 0 Å². The molecule has 0 amide bonds. The van der Waals surface area contributed by atoms with Gasteiger partial charge in [-0.2, -0.15) is 0 Å². The first-order chi connectivity index (χ1) is 25.3. The third-order valence-corrected chi connectivity index (χ3v) is 14.8. The van der Waals surface area contributed by atoms with E-state index in [4.69, 9.17) is 29.0 Å². The van der Waals surface area contributed by atoms with Crippen LogP contribution in [0.1, 0.15) is 36.8 Å². The van der Waals surface area contributed by atoms with Crippen molar-refractivity contribution in [2.45, 2.75) is 37.8 Å². The number of hydrogen-bond donors (Lipinski definition) is 0. The summed E-state index contributed by atoms with van der Waals surface area (Å²) in [5.41, 5.74) is 2.44. The van der Waals surface area contributed by atoms with E-state index in [0.717, 1.165) is 12.8 Å². The third kappa shape index (κ3) is 10.2. The SMILES string of the molecule is C(=N[C@@H]1CCCC[C@H]1N=Cc1ccccc1[PH+](c1ccccc1)c1ccccc1)c1ccccc1[PH+](c1ccccc1)c1ccccc1.[Cl][Pd][Cl]. The van der Waals surface area contributed by atoms with Gasteiger partial charge in [0.2, 0.25) is 0 Å². The van der Waals surface area contributed by atoms with Gasteiger partial charge in [-0.15, -0.1) is 0 Å². The standard InChI is InChI=1S/C44H40N2P2.2ClH.Pd/c1-5-21-37(22-6-1)47(38-23-7-2-8-24-38)43-31-17-13-19-35(43)33-45-41-29-15-16-30-42(41)46-34-36-20-14-18-32-44(36)48(39-25-9-3-10-26-39)40-27-11-4-12-28-40;;;/h1-14,17-28,31-34,41-42H,15-16,29-30H2;2*1H;/q;;;+2/t41-,42-;;;/m1.../s1. The topological polar surface area (TPSA) is 24.7 Å². The maximum atomic E-state index is 5.31. The van der Waals surface area contributed by atoms with E-state index in [2.05, 4.69) is 182 Å². The van der Waals surface area contributed by atoms with Gasteiger partial charge in [-0.1, -0.05) is 110 Å². The van der Waals surface area contributed by atoms with E-state index < -0.39 is 15.8 Å². The summed E-state index contributed by atoms with van der Waals surface area (Å²) in [6, 6.07) is 62.0. The van der Waals surface area contributed by atoms with Crippen molar-refractivity contribution in [2.75, 3.05) is 0 Å². The van der Waals surface area contributed by atoms with E-state index in [1.807, 2.05) is 0 Å². The van der Waals surface area contributed by atoms with Crippen LogP contribution in [-0.4, -0.2) is 24.5 Å². The van der Waals surface area contributed by atoms with E-state index in [-0.39, 0.29) is 28.0 Å². The molecule has 0 aromatic heterocycles. The summed E-state index contributed by atoms with van der Waals surface area (Å²) in [5, 5.41) is 8.32. The summed E-state index contributed by atoms with van der Waals surface area (Å²) in [4.78, 5) is 10.6. The molecule has 0 N–H and O–H groups in total. The minimum absolute atomic E-state index is 0.106. The van der Waals surface area contributed by atoms with Crippen LogP contribution in [0.3, 0.4) is 0 Å². The zero-order chi connectivity index (χ0) is 35.1. The Morgan fingerprint density at radius 3 is 1.02 bits per heavy atom. The molecule has 0 unspecified atom stereocenters. The van der Waals surface area contributed by atoms with Crippen molar-refractivity contribution in [3.05, 3.63) is 181 Å². The van der Waals surface area contributed by atoms with Gasteiger partial charge in [-0.3, -0.25) is 9.98 Å². The average molecular weight is 838 g/mol. The summed E-state index contributed by atoms with van der Waals surface area (Å²) in [6.45, 7) is 0. The summed E-state index contributed by atoms with van der Waals surface area (Å²) in [5.74, 6) is 0. The van der Waals surface area contributed by atoms with E-state index in [9.17, 15) is 0 Å². The molecular weight excluding hydrogens is 796 g/mol. The zero-order valence-electron chi connectivity index (χ0n) is 28.3. The van der Waals surface area contributed by atoms with Crippen LogP contribution in [0.25, 0.3) is 0 Å². The van der Waals surface area contributed by atoms with Gasteiger partial charge in [0.15, 0.2) is 0 Å². The molecule has 0 radical (unpaired) electrons. The van der Waals surface area contributed by atoms with Crippen molar-refractivity contribution in [1.29, 1.82) is 0 Å². The van der Waals surface area contributed by atoms with Gasteiger partial charge < -0.3 is 0 Å². The molecule has 6 aromatic carbocycles. The molecule has 7 rings (SSSR count). The van der Waals surface area contributed by atoms with Crippen LogP contribution < -0.4 is 31.8 Å². The van der Waals surface area contributed by atoms with Gasteiger partial charge >= 0.3 is 35.0 Å². The van der Waals surface area contributed by atoms with Crippen molar-refractivity contribution in [1.82, 2.24) is 0 Å². The fourth-order valence-electron chi connectivity index (χ4n) is 6.84. The van der Waals surface area contributed by atoms with E-state index >= 15 is 0 Å². The second kappa shape index (κ2) is 20.1. The maximum absolute atomic E-state index is 5.31. The molecular formula is C44H42Cl2N2P2Pd+2. The summed E-state index contributed by atoms with van der Waals surface area (Å²) in [6.07, 6.45) is 8.85. The first kappa shape index (κ1) is 37.5. The number of halogens is 2. The summed E-state index contributed by atoms with van der Waals surface area (Å²) >= 11 is -0.106. The Hall–Kier alpha value is -3.24. The molecule has 1 aliphatic carbocycles. The molecule has 0 spiro atoms. The third-order valence-electron chi connectivity index (χ3n) is 9.21. The number of benzene rings is 6. The van der Waals surface area contributed by atoms with Crippen LogP contribution in [0.2, 0.25) is 0 Å². The first-order valence-corrected chi connectivity index (χ1v) is 24.3. The monoisotopic (exact) mass is 836 g/mol. The van der Waals surface area contributed by atoms with Gasteiger partial charge in [0.25, 0.3) is 0 Å². The Morgan fingerprint density at radius 1 is 0.431 bits per heavy atom. The fourth-order valence-corrected chi connectivity index (χ4v) is 12.3. The van der Waals surface area contributed by atoms with Crippen LogP contribution in [0.4, 0.5) is 0 Å². The normalized spacial score (nSPS) is 16.1. The number of rotatable bonds is 10. The van der Waals surface area contributed by atoms with Crippen LogP contribution in [0.15, 0.2) is 180 Å². The minimum atomic E-state index is -1.19. The molecule has 0 saturated heterocycles. The molecule has 7 heteroatoms. The van der Waals surface area contributed by atoms with Crippen LogP contribution in [0, 0.1) is 0 Å². The van der Waals surface area contributed by atoms with Crippen LogP contribution in [-0.2, 0) is 15.9 Å². The molecule has 1 saturated carbocycles. The Morgan fingerprint density at radius 2 is 0.706 bits per heavy atom. The van der Waals surface area contributed by atoms with Crippen molar-refractivity contribution < 1.29 is 15.9 Å². The van der Waals surface area contributed by atoms with Gasteiger partial charge in [0.1, 0.15) is 31.8 Å². The molecule has 6 aromatic rings. The second-order valence-electron chi connectivity index (χ2n) is 12.4. The van der Waals surface area contributed by atoms with Crippen molar-refractivity contribution in [3.63, 3.8) is 0 Å². The first-order valence-electron chi connectivity index (χ1n) is 17.3. The van der Waals surface area contributed by atoms with Gasteiger partial charge in [0, 0.05) is 23.6 Å². The molecule has 2 nitrogen and oxygen atoms in total. The number of nitrogens with zero attached hydrogens (tertiary/aromatic N) is 2. The molecule has 1 fully saturated rings. The Labute approximate surface area is 321 Å². The molecule has 0 aliphatic heterocycles. The Balaban J connectivity index is 0.00000144. The van der Waals surface area contributed by atoms with Gasteiger partial charge in [-0.05, 0) is 85.6 Å². The van der Waals surface area contributed by atoms with Crippen molar-refractivity contribution >= 4 is 79.2 Å². The van der Waals surface area contributed by atoms with Crippen molar-refractivity contribution in [2.24, 2.45) is 9.98 Å².